The topological polar surface area (TPSA) is 72.2 Å². The summed E-state index contributed by atoms with van der Waals surface area (Å²) in [5.41, 5.74) is 3.42. The maximum atomic E-state index is 13.8. The van der Waals surface area contributed by atoms with E-state index in [1.54, 1.807) is 11.0 Å². The maximum Gasteiger partial charge on any atom is 0.290 e. The van der Waals surface area contributed by atoms with E-state index in [1.165, 1.54) is 0 Å². The van der Waals surface area contributed by atoms with Crippen LogP contribution >= 0.6 is 0 Å². The quantitative estimate of drug-likeness (QED) is 0.378. The molecule has 1 aliphatic heterocycles. The van der Waals surface area contributed by atoms with E-state index in [-0.39, 0.29) is 17.1 Å². The molecule has 2 heterocycles. The molecule has 1 aromatic heterocycles. The second-order valence-corrected chi connectivity index (χ2v) is 9.40. The van der Waals surface area contributed by atoms with Crippen LogP contribution < -0.4 is 14.9 Å². The normalized spacial score (nSPS) is 15.0. The minimum Gasteiger partial charge on any atom is -0.490 e. The van der Waals surface area contributed by atoms with Gasteiger partial charge in [0.05, 0.1) is 23.6 Å². The average molecular weight is 491 g/mol. The number of ether oxygens (including phenoxy) is 2. The summed E-state index contributed by atoms with van der Waals surface area (Å²) in [6.07, 6.45) is 2.43. The van der Waals surface area contributed by atoms with Crippen LogP contribution in [0, 0.1) is 13.8 Å². The zero-order valence-electron chi connectivity index (χ0n) is 21.7. The smallest absolute Gasteiger partial charge is 0.290 e. The largest absolute Gasteiger partial charge is 0.490 e. The molecular formula is C29H34N2O5. The first-order valence-corrected chi connectivity index (χ1v) is 12.3. The molecule has 1 unspecified atom stereocenters. The van der Waals surface area contributed by atoms with E-state index in [0.29, 0.717) is 47.8 Å². The third-order valence-electron chi connectivity index (χ3n) is 6.53. The number of carbonyl (C=O) groups excluding carboxylic acids is 1. The number of nitrogens with zero attached hydrogens (tertiary/aromatic N) is 2. The summed E-state index contributed by atoms with van der Waals surface area (Å²) >= 11 is 0. The fourth-order valence-electron chi connectivity index (χ4n) is 4.64. The van der Waals surface area contributed by atoms with Gasteiger partial charge in [-0.15, -0.1) is 0 Å². The van der Waals surface area contributed by atoms with Crippen LogP contribution in [0.3, 0.4) is 0 Å². The molecule has 0 bridgehead atoms. The van der Waals surface area contributed by atoms with Crippen LogP contribution in [0.15, 0.2) is 52.2 Å². The van der Waals surface area contributed by atoms with Gasteiger partial charge in [0, 0.05) is 6.54 Å². The number of hydrogen-bond donors (Lipinski definition) is 0. The van der Waals surface area contributed by atoms with Gasteiger partial charge in [-0.25, -0.2) is 0 Å². The molecule has 2 aromatic carbocycles. The fraction of sp³-hybridized carbons (Fsp3) is 0.379. The van der Waals surface area contributed by atoms with Gasteiger partial charge >= 0.3 is 0 Å². The average Bonchev–Trinajstić information content (AvgIpc) is 3.11. The molecule has 1 aliphatic rings. The number of benzene rings is 2. The van der Waals surface area contributed by atoms with Gasteiger partial charge in [0.1, 0.15) is 12.2 Å². The van der Waals surface area contributed by atoms with Crippen LogP contribution in [0.25, 0.3) is 11.0 Å². The van der Waals surface area contributed by atoms with Gasteiger partial charge in [0.25, 0.3) is 5.91 Å². The summed E-state index contributed by atoms with van der Waals surface area (Å²) in [7, 11) is 3.99. The van der Waals surface area contributed by atoms with Crippen molar-refractivity contribution in [2.75, 3.05) is 40.4 Å². The van der Waals surface area contributed by atoms with Crippen LogP contribution in [0.2, 0.25) is 0 Å². The molecule has 0 radical (unpaired) electrons. The Kier molecular flexibility index (Phi) is 7.50. The molecule has 0 N–H and O–H groups in total. The van der Waals surface area contributed by atoms with Gasteiger partial charge in [-0.2, -0.15) is 0 Å². The Morgan fingerprint density at radius 3 is 2.53 bits per heavy atom. The highest BCUT2D eigenvalue weighted by molar-refractivity contribution is 5.99. The highest BCUT2D eigenvalue weighted by atomic mass is 16.5. The van der Waals surface area contributed by atoms with Crippen LogP contribution in [0.5, 0.6) is 11.5 Å². The Balaban J connectivity index is 1.88. The van der Waals surface area contributed by atoms with Crippen molar-refractivity contribution in [3.05, 3.63) is 81.2 Å². The Morgan fingerprint density at radius 1 is 1.08 bits per heavy atom. The van der Waals surface area contributed by atoms with Crippen molar-refractivity contribution in [3.8, 4) is 11.5 Å². The minimum atomic E-state index is -0.579. The van der Waals surface area contributed by atoms with Crippen molar-refractivity contribution < 1.29 is 18.7 Å². The molecule has 4 rings (SSSR count). The van der Waals surface area contributed by atoms with Gasteiger partial charge in [-0.3, -0.25) is 9.59 Å². The van der Waals surface area contributed by atoms with Crippen molar-refractivity contribution in [1.29, 1.82) is 0 Å². The van der Waals surface area contributed by atoms with Crippen molar-refractivity contribution in [2.45, 2.75) is 33.2 Å². The molecule has 0 spiro atoms. The highest BCUT2D eigenvalue weighted by Crippen LogP contribution is 2.41. The van der Waals surface area contributed by atoms with Gasteiger partial charge in [0.2, 0.25) is 5.76 Å². The summed E-state index contributed by atoms with van der Waals surface area (Å²) in [4.78, 5) is 31.3. The number of hydrogen-bond acceptors (Lipinski definition) is 6. The van der Waals surface area contributed by atoms with E-state index in [0.717, 1.165) is 29.7 Å². The maximum absolute atomic E-state index is 13.8. The second kappa shape index (κ2) is 10.6. The highest BCUT2D eigenvalue weighted by Gasteiger charge is 2.42. The fourth-order valence-corrected chi connectivity index (χ4v) is 4.64. The lowest BCUT2D eigenvalue weighted by Gasteiger charge is -2.26. The standard InChI is InChI=1S/C29H34N2O5/c1-7-14-35-22-11-10-20(17-24(22)34-8-2)26-25-27(32)21-15-18(3)19(4)16-23(21)36-28(25)29(33)31(26)13-9-12-30(5)6/h7,10-11,15-17,26H,1,8-9,12-14H2,2-6H3. The lowest BCUT2D eigenvalue weighted by atomic mass is 9.97. The van der Waals surface area contributed by atoms with Crippen LogP contribution in [-0.2, 0) is 0 Å². The first kappa shape index (κ1) is 25.5. The predicted octanol–water partition coefficient (Wildman–Crippen LogP) is 4.87. The van der Waals surface area contributed by atoms with Crippen molar-refractivity contribution in [3.63, 3.8) is 0 Å². The number of rotatable bonds is 10. The summed E-state index contributed by atoms with van der Waals surface area (Å²) < 4.78 is 17.7. The van der Waals surface area contributed by atoms with Crippen molar-refractivity contribution in [1.82, 2.24) is 9.80 Å². The third kappa shape index (κ3) is 4.75. The number of carbonyl (C=O) groups is 1. The molecule has 0 fully saturated rings. The SMILES string of the molecule is C=CCOc1ccc(C2c3c(oc4cc(C)c(C)cc4c3=O)C(=O)N2CCCN(C)C)cc1OCC. The van der Waals surface area contributed by atoms with E-state index in [9.17, 15) is 9.59 Å². The molecule has 190 valence electrons. The molecule has 3 aromatic rings. The van der Waals surface area contributed by atoms with E-state index in [1.807, 2.05) is 65.2 Å². The monoisotopic (exact) mass is 490 g/mol. The summed E-state index contributed by atoms with van der Waals surface area (Å²) in [5, 5.41) is 0.487. The predicted molar refractivity (Wildman–Crippen MR) is 141 cm³/mol. The molecule has 0 saturated carbocycles. The Morgan fingerprint density at radius 2 is 1.83 bits per heavy atom. The van der Waals surface area contributed by atoms with Gasteiger partial charge in [0.15, 0.2) is 16.9 Å². The van der Waals surface area contributed by atoms with E-state index < -0.39 is 6.04 Å². The summed E-state index contributed by atoms with van der Waals surface area (Å²) in [6, 6.07) is 8.67. The number of amides is 1. The lowest BCUT2D eigenvalue weighted by molar-refractivity contribution is 0.0722. The number of aryl methyl sites for hydroxylation is 2. The van der Waals surface area contributed by atoms with Crippen molar-refractivity contribution in [2.24, 2.45) is 0 Å². The van der Waals surface area contributed by atoms with Gasteiger partial charge in [-0.1, -0.05) is 18.7 Å². The zero-order chi connectivity index (χ0) is 26.0. The molecule has 7 nitrogen and oxygen atoms in total. The van der Waals surface area contributed by atoms with Crippen LogP contribution in [0.4, 0.5) is 0 Å². The molecule has 0 saturated heterocycles. The van der Waals surface area contributed by atoms with E-state index in [2.05, 4.69) is 11.5 Å². The summed E-state index contributed by atoms with van der Waals surface area (Å²) in [5.74, 6) is 0.995. The first-order valence-electron chi connectivity index (χ1n) is 12.3. The molecule has 1 amide bonds. The Bertz CT molecular complexity index is 1360. The molecule has 7 heteroatoms. The Hall–Kier alpha value is -3.58. The number of fused-ring (bicyclic) bond motifs is 2. The molecule has 1 atom stereocenters. The first-order chi connectivity index (χ1) is 17.3. The third-order valence-corrected chi connectivity index (χ3v) is 6.53. The second-order valence-electron chi connectivity index (χ2n) is 9.40. The lowest BCUT2D eigenvalue weighted by Crippen LogP contribution is -2.32. The van der Waals surface area contributed by atoms with Gasteiger partial charge in [-0.05, 0) is 88.8 Å². The van der Waals surface area contributed by atoms with Crippen molar-refractivity contribution >= 4 is 16.9 Å². The molecule has 0 aliphatic carbocycles. The minimum absolute atomic E-state index is 0.121. The van der Waals surface area contributed by atoms with Gasteiger partial charge < -0.3 is 23.7 Å². The zero-order valence-corrected chi connectivity index (χ0v) is 21.7. The van der Waals surface area contributed by atoms with E-state index >= 15 is 0 Å². The van der Waals surface area contributed by atoms with Crippen LogP contribution in [-0.4, -0.2) is 56.1 Å². The molecule has 36 heavy (non-hydrogen) atoms. The molecular weight excluding hydrogens is 456 g/mol. The van der Waals surface area contributed by atoms with Crippen LogP contribution in [0.1, 0.15) is 52.2 Å². The van der Waals surface area contributed by atoms with E-state index in [4.69, 9.17) is 13.9 Å². The summed E-state index contributed by atoms with van der Waals surface area (Å²) in [6.45, 7) is 11.6. The Labute approximate surface area is 211 Å².